The predicted molar refractivity (Wildman–Crippen MR) is 92.5 cm³/mol. The second-order valence-corrected chi connectivity index (χ2v) is 4.87. The summed E-state index contributed by atoms with van der Waals surface area (Å²) in [4.78, 5) is 12.5. The van der Waals surface area contributed by atoms with Crippen LogP contribution in [0.25, 0.3) is 6.08 Å². The van der Waals surface area contributed by atoms with Crippen LogP contribution < -0.4 is 18.9 Å². The molecule has 0 unspecified atom stereocenters. The molecular formula is C19H20O5. The number of ether oxygens (including phenoxy) is 4. The average molecular weight is 328 g/mol. The summed E-state index contributed by atoms with van der Waals surface area (Å²) in [5, 5.41) is 0. The van der Waals surface area contributed by atoms with Crippen molar-refractivity contribution in [2.75, 3.05) is 28.4 Å². The highest BCUT2D eigenvalue weighted by atomic mass is 16.5. The van der Waals surface area contributed by atoms with Gasteiger partial charge in [-0.15, -0.1) is 0 Å². The number of rotatable bonds is 7. The van der Waals surface area contributed by atoms with Gasteiger partial charge in [0.1, 0.15) is 23.0 Å². The molecule has 0 aliphatic heterocycles. The highest BCUT2D eigenvalue weighted by Gasteiger charge is 2.11. The van der Waals surface area contributed by atoms with Crippen molar-refractivity contribution in [3.05, 3.63) is 53.6 Å². The smallest absolute Gasteiger partial charge is 0.189 e. The Kier molecular flexibility index (Phi) is 5.84. The topological polar surface area (TPSA) is 54.0 Å². The maximum atomic E-state index is 12.5. The van der Waals surface area contributed by atoms with Crippen LogP contribution in [0.5, 0.6) is 23.0 Å². The summed E-state index contributed by atoms with van der Waals surface area (Å²) in [6.45, 7) is 0. The van der Waals surface area contributed by atoms with Crippen molar-refractivity contribution < 1.29 is 23.7 Å². The Bertz CT molecular complexity index is 749. The van der Waals surface area contributed by atoms with Gasteiger partial charge < -0.3 is 18.9 Å². The van der Waals surface area contributed by atoms with Gasteiger partial charge in [-0.2, -0.15) is 0 Å². The third-order valence-electron chi connectivity index (χ3n) is 3.52. The van der Waals surface area contributed by atoms with E-state index in [4.69, 9.17) is 18.9 Å². The molecule has 5 nitrogen and oxygen atoms in total. The Morgan fingerprint density at radius 3 is 1.96 bits per heavy atom. The van der Waals surface area contributed by atoms with E-state index in [0.717, 1.165) is 5.56 Å². The highest BCUT2D eigenvalue weighted by Crippen LogP contribution is 2.27. The molecule has 0 radical (unpaired) electrons. The Balaban J connectivity index is 2.34. The molecule has 0 aliphatic rings. The van der Waals surface area contributed by atoms with Crippen molar-refractivity contribution >= 4 is 11.9 Å². The second-order valence-electron chi connectivity index (χ2n) is 4.87. The third-order valence-corrected chi connectivity index (χ3v) is 3.52. The summed E-state index contributed by atoms with van der Waals surface area (Å²) in [5.41, 5.74) is 1.17. The molecule has 126 valence electrons. The molecule has 0 bridgehead atoms. The van der Waals surface area contributed by atoms with E-state index in [2.05, 4.69) is 0 Å². The quantitative estimate of drug-likeness (QED) is 0.574. The van der Waals surface area contributed by atoms with Crippen molar-refractivity contribution in [3.8, 4) is 23.0 Å². The summed E-state index contributed by atoms with van der Waals surface area (Å²) in [5.74, 6) is 2.21. The lowest BCUT2D eigenvalue weighted by atomic mass is 10.1. The highest BCUT2D eigenvalue weighted by molar-refractivity contribution is 6.09. The first kappa shape index (κ1) is 17.4. The van der Waals surface area contributed by atoms with Crippen LogP contribution in [0.3, 0.4) is 0 Å². The largest absolute Gasteiger partial charge is 0.497 e. The number of methoxy groups -OCH3 is 4. The molecule has 0 amide bonds. The predicted octanol–water partition coefficient (Wildman–Crippen LogP) is 3.62. The van der Waals surface area contributed by atoms with Gasteiger partial charge in [-0.3, -0.25) is 4.79 Å². The van der Waals surface area contributed by atoms with E-state index in [1.165, 1.54) is 13.2 Å². The molecule has 2 aromatic rings. The average Bonchev–Trinajstić information content (AvgIpc) is 2.65. The number of benzene rings is 2. The van der Waals surface area contributed by atoms with Gasteiger partial charge in [0.05, 0.1) is 34.0 Å². The molecule has 0 aromatic heterocycles. The standard InChI is InChI=1S/C19H20O5/c1-21-14-6-9-18(23-3)13(11-14)5-8-17(20)16-12-15(22-2)7-10-19(16)24-4/h5-12H,1-4H3. The van der Waals surface area contributed by atoms with E-state index in [9.17, 15) is 4.79 Å². The van der Waals surface area contributed by atoms with Crippen LogP contribution in [0.15, 0.2) is 42.5 Å². The number of allylic oxidation sites excluding steroid dienone is 1. The van der Waals surface area contributed by atoms with Crippen molar-refractivity contribution in [2.45, 2.75) is 0 Å². The number of hydrogen-bond donors (Lipinski definition) is 0. The molecule has 0 spiro atoms. The van der Waals surface area contributed by atoms with E-state index in [0.29, 0.717) is 28.6 Å². The molecular weight excluding hydrogens is 308 g/mol. The van der Waals surface area contributed by atoms with Gasteiger partial charge in [-0.1, -0.05) is 0 Å². The molecule has 0 atom stereocenters. The molecule has 0 heterocycles. The Morgan fingerprint density at radius 1 is 0.792 bits per heavy atom. The first-order valence-corrected chi connectivity index (χ1v) is 7.29. The van der Waals surface area contributed by atoms with E-state index in [-0.39, 0.29) is 5.78 Å². The van der Waals surface area contributed by atoms with Crippen LogP contribution >= 0.6 is 0 Å². The molecule has 0 N–H and O–H groups in total. The van der Waals surface area contributed by atoms with Gasteiger partial charge in [0.2, 0.25) is 0 Å². The minimum absolute atomic E-state index is 0.198. The van der Waals surface area contributed by atoms with Crippen LogP contribution in [0, 0.1) is 0 Å². The molecule has 2 aromatic carbocycles. The molecule has 0 saturated heterocycles. The fourth-order valence-corrected chi connectivity index (χ4v) is 2.23. The summed E-state index contributed by atoms with van der Waals surface area (Å²) >= 11 is 0. The second kappa shape index (κ2) is 8.06. The maximum absolute atomic E-state index is 12.5. The lowest BCUT2D eigenvalue weighted by molar-refractivity contribution is 0.104. The Morgan fingerprint density at radius 2 is 1.38 bits per heavy atom. The summed E-state index contributed by atoms with van der Waals surface area (Å²) in [7, 11) is 6.23. The number of hydrogen-bond acceptors (Lipinski definition) is 5. The van der Waals surface area contributed by atoms with Crippen molar-refractivity contribution in [1.82, 2.24) is 0 Å². The normalized spacial score (nSPS) is 10.5. The third kappa shape index (κ3) is 3.87. The zero-order valence-electron chi connectivity index (χ0n) is 14.2. The molecule has 0 fully saturated rings. The zero-order valence-corrected chi connectivity index (χ0v) is 14.2. The van der Waals surface area contributed by atoms with Gasteiger partial charge >= 0.3 is 0 Å². The van der Waals surface area contributed by atoms with Gasteiger partial charge in [0, 0.05) is 5.56 Å². The van der Waals surface area contributed by atoms with E-state index in [1.807, 2.05) is 0 Å². The summed E-state index contributed by atoms with van der Waals surface area (Å²) < 4.78 is 20.9. The first-order chi connectivity index (χ1) is 11.6. The van der Waals surface area contributed by atoms with Gasteiger partial charge in [-0.05, 0) is 48.6 Å². The monoisotopic (exact) mass is 328 g/mol. The van der Waals surface area contributed by atoms with Gasteiger partial charge in [0.25, 0.3) is 0 Å². The zero-order chi connectivity index (χ0) is 17.5. The lowest BCUT2D eigenvalue weighted by Crippen LogP contribution is -2.00. The van der Waals surface area contributed by atoms with Crippen LogP contribution in [-0.2, 0) is 0 Å². The van der Waals surface area contributed by atoms with E-state index in [1.54, 1.807) is 63.8 Å². The van der Waals surface area contributed by atoms with E-state index >= 15 is 0 Å². The van der Waals surface area contributed by atoms with Crippen LogP contribution in [0.2, 0.25) is 0 Å². The molecule has 5 heteroatoms. The molecule has 0 aliphatic carbocycles. The molecule has 2 rings (SSSR count). The van der Waals surface area contributed by atoms with Crippen molar-refractivity contribution in [3.63, 3.8) is 0 Å². The van der Waals surface area contributed by atoms with Crippen LogP contribution in [-0.4, -0.2) is 34.2 Å². The number of carbonyl (C=O) groups excluding carboxylic acids is 1. The van der Waals surface area contributed by atoms with Gasteiger partial charge in [-0.25, -0.2) is 0 Å². The fourth-order valence-electron chi connectivity index (χ4n) is 2.23. The summed E-state index contributed by atoms with van der Waals surface area (Å²) in [6.07, 6.45) is 3.15. The number of ketones is 1. The van der Waals surface area contributed by atoms with E-state index < -0.39 is 0 Å². The van der Waals surface area contributed by atoms with Crippen molar-refractivity contribution in [2.24, 2.45) is 0 Å². The molecule has 24 heavy (non-hydrogen) atoms. The molecule has 0 saturated carbocycles. The maximum Gasteiger partial charge on any atom is 0.189 e. The van der Waals surface area contributed by atoms with Crippen molar-refractivity contribution in [1.29, 1.82) is 0 Å². The van der Waals surface area contributed by atoms with Gasteiger partial charge in [0.15, 0.2) is 5.78 Å². The Labute approximate surface area is 141 Å². The van der Waals surface area contributed by atoms with Crippen LogP contribution in [0.4, 0.5) is 0 Å². The Hall–Kier alpha value is -2.95. The lowest BCUT2D eigenvalue weighted by Gasteiger charge is -2.09. The minimum Gasteiger partial charge on any atom is -0.497 e. The first-order valence-electron chi connectivity index (χ1n) is 7.29. The minimum atomic E-state index is -0.198. The van der Waals surface area contributed by atoms with Crippen LogP contribution in [0.1, 0.15) is 15.9 Å². The number of carbonyl (C=O) groups is 1. The SMILES string of the molecule is COc1ccc(OC)c(C=CC(=O)c2cc(OC)ccc2OC)c1. The fraction of sp³-hybridized carbons (Fsp3) is 0.211. The summed E-state index contributed by atoms with van der Waals surface area (Å²) in [6, 6.07) is 10.5.